The molecule has 0 aliphatic carbocycles. The second-order valence-electron chi connectivity index (χ2n) is 5.99. The number of amides is 2. The van der Waals surface area contributed by atoms with Crippen LogP contribution >= 0.6 is 11.3 Å². The number of methoxy groups -OCH3 is 2. The molecule has 0 bridgehead atoms. The highest BCUT2D eigenvalue weighted by Crippen LogP contribution is 2.32. The molecular formula is C18H21N3O5S. The molecule has 1 saturated heterocycles. The van der Waals surface area contributed by atoms with Gasteiger partial charge in [0.25, 0.3) is 5.91 Å². The van der Waals surface area contributed by atoms with E-state index in [4.69, 9.17) is 14.2 Å². The van der Waals surface area contributed by atoms with Gasteiger partial charge in [-0.2, -0.15) is 0 Å². The number of aromatic nitrogens is 1. The van der Waals surface area contributed by atoms with E-state index in [0.29, 0.717) is 23.6 Å². The molecule has 2 amide bonds. The number of carbonyl (C=O) groups is 2. The highest BCUT2D eigenvalue weighted by molar-refractivity contribution is 7.09. The summed E-state index contributed by atoms with van der Waals surface area (Å²) >= 11 is 1.48. The van der Waals surface area contributed by atoms with Crippen molar-refractivity contribution in [2.75, 3.05) is 20.8 Å². The van der Waals surface area contributed by atoms with Crippen LogP contribution in [0.3, 0.4) is 0 Å². The largest absolute Gasteiger partial charge is 0.493 e. The molecule has 0 unspecified atom stereocenters. The van der Waals surface area contributed by atoms with Crippen LogP contribution < -0.4 is 20.1 Å². The van der Waals surface area contributed by atoms with Crippen LogP contribution in [-0.2, 0) is 20.9 Å². The quantitative estimate of drug-likeness (QED) is 0.771. The Morgan fingerprint density at radius 2 is 2.15 bits per heavy atom. The van der Waals surface area contributed by atoms with Crippen molar-refractivity contribution in [3.63, 3.8) is 0 Å². The lowest BCUT2D eigenvalue weighted by Gasteiger charge is -2.32. The van der Waals surface area contributed by atoms with Crippen LogP contribution in [0.4, 0.5) is 0 Å². The van der Waals surface area contributed by atoms with Crippen LogP contribution in [0.5, 0.6) is 11.5 Å². The molecule has 0 spiro atoms. The number of aryl methyl sites for hydroxylation is 1. The van der Waals surface area contributed by atoms with E-state index in [9.17, 15) is 9.59 Å². The molecule has 1 aliphatic heterocycles. The second-order valence-corrected chi connectivity index (χ2v) is 6.93. The molecule has 0 saturated carbocycles. The summed E-state index contributed by atoms with van der Waals surface area (Å²) in [4.78, 5) is 28.8. The molecule has 1 aromatic carbocycles. The Hall–Kier alpha value is -2.65. The molecule has 8 nitrogen and oxygen atoms in total. The zero-order valence-corrected chi connectivity index (χ0v) is 16.1. The fourth-order valence-electron chi connectivity index (χ4n) is 2.83. The summed E-state index contributed by atoms with van der Waals surface area (Å²) in [7, 11) is 3.07. The first-order valence-corrected chi connectivity index (χ1v) is 9.21. The van der Waals surface area contributed by atoms with Gasteiger partial charge in [-0.05, 0) is 24.6 Å². The summed E-state index contributed by atoms with van der Waals surface area (Å²) in [5.74, 6) is 0.466. The van der Waals surface area contributed by atoms with Gasteiger partial charge in [-0.25, -0.2) is 4.98 Å². The smallest absolute Gasteiger partial charge is 0.252 e. The minimum Gasteiger partial charge on any atom is -0.493 e. The van der Waals surface area contributed by atoms with E-state index in [2.05, 4.69) is 15.6 Å². The van der Waals surface area contributed by atoms with Crippen LogP contribution in [-0.4, -0.2) is 43.7 Å². The standard InChI is InChI=1S/C18H21N3O5S/c1-10-9-27-15(20-10)7-19-18(23)17-16(21-14(22)8-26-17)11-4-5-12(24-2)13(6-11)25-3/h4-6,9,16-17H,7-8H2,1-3H3,(H,19,23)(H,21,22)/t16-,17+/m1/s1. The van der Waals surface area contributed by atoms with Crippen molar-refractivity contribution in [2.45, 2.75) is 25.6 Å². The van der Waals surface area contributed by atoms with E-state index in [-0.39, 0.29) is 18.4 Å². The van der Waals surface area contributed by atoms with Crippen molar-refractivity contribution >= 4 is 23.2 Å². The van der Waals surface area contributed by atoms with Gasteiger partial charge in [0, 0.05) is 11.1 Å². The van der Waals surface area contributed by atoms with E-state index >= 15 is 0 Å². The van der Waals surface area contributed by atoms with Crippen LogP contribution in [0.15, 0.2) is 23.6 Å². The van der Waals surface area contributed by atoms with Crippen LogP contribution in [0.2, 0.25) is 0 Å². The fraction of sp³-hybridized carbons (Fsp3) is 0.389. The van der Waals surface area contributed by atoms with Gasteiger partial charge in [0.05, 0.1) is 26.8 Å². The number of nitrogens with zero attached hydrogens (tertiary/aromatic N) is 1. The van der Waals surface area contributed by atoms with Crippen LogP contribution in [0, 0.1) is 6.92 Å². The molecule has 3 rings (SSSR count). The first-order chi connectivity index (χ1) is 13.0. The maximum atomic E-state index is 12.7. The lowest BCUT2D eigenvalue weighted by atomic mass is 9.98. The van der Waals surface area contributed by atoms with Gasteiger partial charge < -0.3 is 24.8 Å². The topological polar surface area (TPSA) is 98.8 Å². The number of morpholine rings is 1. The Labute approximate surface area is 160 Å². The Morgan fingerprint density at radius 1 is 1.37 bits per heavy atom. The number of hydrogen-bond acceptors (Lipinski definition) is 7. The number of benzene rings is 1. The summed E-state index contributed by atoms with van der Waals surface area (Å²) in [6.07, 6.45) is -0.859. The first-order valence-electron chi connectivity index (χ1n) is 8.33. The van der Waals surface area contributed by atoms with Crippen molar-refractivity contribution in [2.24, 2.45) is 0 Å². The predicted molar refractivity (Wildman–Crippen MR) is 98.9 cm³/mol. The molecule has 144 valence electrons. The van der Waals surface area contributed by atoms with Gasteiger partial charge in [0.15, 0.2) is 17.6 Å². The van der Waals surface area contributed by atoms with Gasteiger partial charge >= 0.3 is 0 Å². The van der Waals surface area contributed by atoms with Crippen molar-refractivity contribution in [3.8, 4) is 11.5 Å². The van der Waals surface area contributed by atoms with Gasteiger partial charge in [0.1, 0.15) is 11.6 Å². The average Bonchev–Trinajstić information content (AvgIpc) is 3.10. The molecule has 0 radical (unpaired) electrons. The number of nitrogens with one attached hydrogen (secondary N) is 2. The van der Waals surface area contributed by atoms with Gasteiger partial charge in [-0.3, -0.25) is 9.59 Å². The number of carbonyl (C=O) groups excluding carboxylic acids is 2. The van der Waals surface area contributed by atoms with Gasteiger partial charge in [-0.1, -0.05) is 6.07 Å². The molecule has 9 heteroatoms. The molecule has 2 N–H and O–H groups in total. The third-order valence-electron chi connectivity index (χ3n) is 4.12. The number of rotatable bonds is 6. The Bertz CT molecular complexity index is 838. The van der Waals surface area contributed by atoms with E-state index in [1.807, 2.05) is 12.3 Å². The van der Waals surface area contributed by atoms with Gasteiger partial charge in [0.2, 0.25) is 5.91 Å². The molecule has 2 heterocycles. The molecule has 1 aliphatic rings. The Morgan fingerprint density at radius 3 is 2.81 bits per heavy atom. The second kappa shape index (κ2) is 8.36. The number of thiazole rings is 1. The monoisotopic (exact) mass is 391 g/mol. The Kier molecular flexibility index (Phi) is 5.92. The lowest BCUT2D eigenvalue weighted by Crippen LogP contribution is -2.52. The van der Waals surface area contributed by atoms with E-state index < -0.39 is 12.1 Å². The maximum absolute atomic E-state index is 12.7. The SMILES string of the molecule is COc1ccc([C@H]2NC(=O)CO[C@@H]2C(=O)NCc2nc(C)cs2)cc1OC. The number of ether oxygens (including phenoxy) is 3. The minimum atomic E-state index is -0.859. The molecule has 2 aromatic rings. The minimum absolute atomic E-state index is 0.168. The van der Waals surface area contributed by atoms with E-state index in [1.165, 1.54) is 18.4 Å². The van der Waals surface area contributed by atoms with Crippen LogP contribution in [0.1, 0.15) is 22.3 Å². The predicted octanol–water partition coefficient (Wildman–Crippen LogP) is 1.34. The summed E-state index contributed by atoms with van der Waals surface area (Å²) in [6, 6.07) is 4.58. The average molecular weight is 391 g/mol. The fourth-order valence-corrected chi connectivity index (χ4v) is 3.54. The van der Waals surface area contributed by atoms with Crippen molar-refractivity contribution < 1.29 is 23.8 Å². The van der Waals surface area contributed by atoms with Crippen molar-refractivity contribution in [3.05, 3.63) is 39.8 Å². The molecular weight excluding hydrogens is 370 g/mol. The zero-order valence-electron chi connectivity index (χ0n) is 15.3. The Balaban J connectivity index is 1.78. The van der Waals surface area contributed by atoms with Crippen LogP contribution in [0.25, 0.3) is 0 Å². The third kappa shape index (κ3) is 4.37. The normalized spacial score (nSPS) is 19.3. The number of hydrogen-bond donors (Lipinski definition) is 2. The summed E-state index contributed by atoms with van der Waals surface area (Å²) in [6.45, 7) is 2.04. The molecule has 27 heavy (non-hydrogen) atoms. The molecule has 1 aromatic heterocycles. The first kappa shape index (κ1) is 19.1. The van der Waals surface area contributed by atoms with Gasteiger partial charge in [-0.15, -0.1) is 11.3 Å². The summed E-state index contributed by atoms with van der Waals surface area (Å²) < 4.78 is 16.1. The van der Waals surface area contributed by atoms with E-state index in [1.54, 1.807) is 25.3 Å². The molecule has 2 atom stereocenters. The zero-order chi connectivity index (χ0) is 19.4. The van der Waals surface area contributed by atoms with Crippen molar-refractivity contribution in [1.29, 1.82) is 0 Å². The summed E-state index contributed by atoms with van der Waals surface area (Å²) in [5, 5.41) is 8.38. The summed E-state index contributed by atoms with van der Waals surface area (Å²) in [5.41, 5.74) is 1.60. The van der Waals surface area contributed by atoms with E-state index in [0.717, 1.165) is 10.7 Å². The maximum Gasteiger partial charge on any atom is 0.252 e. The lowest BCUT2D eigenvalue weighted by molar-refractivity contribution is -0.148. The van der Waals surface area contributed by atoms with Crippen molar-refractivity contribution in [1.82, 2.24) is 15.6 Å². The highest BCUT2D eigenvalue weighted by Gasteiger charge is 2.36. The molecule has 1 fully saturated rings. The third-order valence-corrected chi connectivity index (χ3v) is 5.09. The highest BCUT2D eigenvalue weighted by atomic mass is 32.1.